The molecule has 0 N–H and O–H groups in total. The van der Waals surface area contributed by atoms with Crippen LogP contribution in [-0.4, -0.2) is 40.8 Å². The summed E-state index contributed by atoms with van der Waals surface area (Å²) in [7, 11) is -4.35. The van der Waals surface area contributed by atoms with Crippen molar-refractivity contribution in [3.05, 3.63) is 24.3 Å². The van der Waals surface area contributed by atoms with Gasteiger partial charge in [-0.2, -0.15) is 16.8 Å². The first-order valence-electron chi connectivity index (χ1n) is 5.59. The van der Waals surface area contributed by atoms with Crippen molar-refractivity contribution in [2.45, 2.75) is 12.8 Å². The van der Waals surface area contributed by atoms with Gasteiger partial charge < -0.3 is 9.47 Å². The molecule has 0 saturated heterocycles. The monoisotopic (exact) mass is 362 g/mol. The van der Waals surface area contributed by atoms with Crippen molar-refractivity contribution in [3.8, 4) is 11.5 Å². The molecule has 0 aromatic heterocycles. The molecule has 22 heavy (non-hydrogen) atoms. The summed E-state index contributed by atoms with van der Waals surface area (Å²) < 4.78 is 51.4. The zero-order valence-corrected chi connectivity index (χ0v) is 18.0. The van der Waals surface area contributed by atoms with Crippen molar-refractivity contribution in [2.75, 3.05) is 13.2 Å². The van der Waals surface area contributed by atoms with Crippen LogP contribution in [0.1, 0.15) is 12.8 Å². The second-order valence-corrected chi connectivity index (χ2v) is 5.14. The summed E-state index contributed by atoms with van der Waals surface area (Å²) in [6.45, 7) is 0.450. The van der Waals surface area contributed by atoms with E-state index < -0.39 is 20.6 Å². The van der Waals surface area contributed by atoms with Crippen LogP contribution in [0.25, 0.3) is 0 Å². The predicted molar refractivity (Wildman–Crippen MR) is 74.3 cm³/mol. The Labute approximate surface area is 176 Å². The molecule has 6 nitrogen and oxygen atoms in total. The molecule has 0 radical (unpaired) electrons. The summed E-state index contributed by atoms with van der Waals surface area (Å²) >= 11 is 0. The first-order chi connectivity index (χ1) is 9.58. The largest absolute Gasteiger partial charge is 1.00 e. The van der Waals surface area contributed by atoms with E-state index in [0.29, 0.717) is 11.5 Å². The number of rotatable bonds is 8. The molecule has 10 heteroatoms. The third kappa shape index (κ3) is 12.7. The summed E-state index contributed by atoms with van der Waals surface area (Å²) in [6.07, 6.45) is 0.564. The van der Waals surface area contributed by atoms with Gasteiger partial charge >= 0.3 is 59.1 Å². The third-order valence-corrected chi connectivity index (χ3v) is 2.97. The minimum Gasteiger partial charge on any atom is -0.576 e. The molecule has 0 spiro atoms. The molecule has 1 rings (SSSR count). The van der Waals surface area contributed by atoms with E-state index in [0.717, 1.165) is 10.7 Å². The van der Waals surface area contributed by atoms with Gasteiger partial charge in [-0.3, -0.25) is 12.1 Å². The Morgan fingerprint density at radius 3 is 1.45 bits per heavy atom. The molecule has 0 bridgehead atoms. The molecule has 0 heterocycles. The van der Waals surface area contributed by atoms with Crippen molar-refractivity contribution < 1.29 is 85.4 Å². The topological polar surface area (TPSA) is 86.7 Å². The SMILES string of the molecule is O=S(=O)=CCCOc1[c-]cc(OCCC=S(=O)=O)[c-]c1.[Na+].[Na+]. The average Bonchev–Trinajstić information content (AvgIpc) is 2.41. The van der Waals surface area contributed by atoms with E-state index in [1.54, 1.807) is 0 Å². The van der Waals surface area contributed by atoms with E-state index in [9.17, 15) is 16.8 Å². The van der Waals surface area contributed by atoms with E-state index in [4.69, 9.17) is 9.47 Å². The molecule has 0 aliphatic carbocycles. The molecule has 110 valence electrons. The van der Waals surface area contributed by atoms with Crippen LogP contribution >= 0.6 is 0 Å². The number of hydrogen-bond donors (Lipinski definition) is 0. The first kappa shape index (κ1) is 24.5. The van der Waals surface area contributed by atoms with Crippen LogP contribution in [0.3, 0.4) is 0 Å². The van der Waals surface area contributed by atoms with Gasteiger partial charge in [-0.15, -0.1) is 11.5 Å². The Morgan fingerprint density at radius 1 is 0.818 bits per heavy atom. The van der Waals surface area contributed by atoms with E-state index >= 15 is 0 Å². The molecule has 1 aromatic carbocycles. The fraction of sp³-hybridized carbons (Fsp3) is 0.333. The van der Waals surface area contributed by atoms with Crippen molar-refractivity contribution >= 4 is 31.3 Å². The van der Waals surface area contributed by atoms with Crippen molar-refractivity contribution in [1.29, 1.82) is 0 Å². The van der Waals surface area contributed by atoms with E-state index in [1.807, 2.05) is 0 Å². The fourth-order valence-electron chi connectivity index (χ4n) is 1.15. The second kappa shape index (κ2) is 14.8. The van der Waals surface area contributed by atoms with Gasteiger partial charge in [-0.25, -0.2) is 12.1 Å². The van der Waals surface area contributed by atoms with Crippen molar-refractivity contribution in [3.63, 3.8) is 0 Å². The normalized spacial score (nSPS) is 8.73. The van der Waals surface area contributed by atoms with E-state index in [2.05, 4.69) is 12.1 Å². The Kier molecular flexibility index (Phi) is 16.4. The molecular weight excluding hydrogens is 350 g/mol. The van der Waals surface area contributed by atoms with Gasteiger partial charge in [0, 0.05) is 23.6 Å². The molecule has 0 unspecified atom stereocenters. The molecule has 0 aliphatic rings. The summed E-state index contributed by atoms with van der Waals surface area (Å²) in [5, 5.41) is 2.22. The molecular formula is C12H12Na2O6S2. The number of benzene rings is 1. The average molecular weight is 362 g/mol. The number of ether oxygens (including phenoxy) is 2. The van der Waals surface area contributed by atoms with E-state index in [1.165, 1.54) is 12.1 Å². The predicted octanol–water partition coefficient (Wildman–Crippen LogP) is -5.80. The third-order valence-electron chi connectivity index (χ3n) is 1.95. The smallest absolute Gasteiger partial charge is 0.576 e. The molecule has 0 amide bonds. The Morgan fingerprint density at radius 2 is 1.18 bits per heavy atom. The van der Waals surface area contributed by atoms with Crippen LogP contribution < -0.4 is 68.6 Å². The minimum atomic E-state index is -2.18. The zero-order valence-electron chi connectivity index (χ0n) is 12.4. The first-order valence-corrected chi connectivity index (χ1v) is 7.87. The Balaban J connectivity index is 0. The summed E-state index contributed by atoms with van der Waals surface area (Å²) in [6, 6.07) is 8.62. The maximum atomic E-state index is 10.2. The molecule has 0 fully saturated rings. The van der Waals surface area contributed by atoms with Gasteiger partial charge in [-0.05, 0) is 0 Å². The van der Waals surface area contributed by atoms with Gasteiger partial charge in [-0.1, -0.05) is 0 Å². The van der Waals surface area contributed by atoms with Gasteiger partial charge in [0.25, 0.3) is 0 Å². The van der Waals surface area contributed by atoms with Crippen LogP contribution in [0.4, 0.5) is 0 Å². The van der Waals surface area contributed by atoms with Crippen LogP contribution in [0.15, 0.2) is 12.1 Å². The summed E-state index contributed by atoms with van der Waals surface area (Å²) in [5.41, 5.74) is 0. The quantitative estimate of drug-likeness (QED) is 0.198. The van der Waals surface area contributed by atoms with Crippen molar-refractivity contribution in [1.82, 2.24) is 0 Å². The van der Waals surface area contributed by atoms with Crippen LogP contribution in [0.2, 0.25) is 0 Å². The fourth-order valence-corrected chi connectivity index (χ4v) is 1.73. The minimum absolute atomic E-state index is 0. The Bertz CT molecular complexity index is 604. The number of hydrogen-bond acceptors (Lipinski definition) is 6. The molecule has 1 aromatic rings. The maximum Gasteiger partial charge on any atom is 1.00 e. The summed E-state index contributed by atoms with van der Waals surface area (Å²) in [5.74, 6) is 0.851. The zero-order chi connectivity index (χ0) is 14.8. The van der Waals surface area contributed by atoms with Gasteiger partial charge in [0.15, 0.2) is 0 Å². The maximum absolute atomic E-state index is 10.2. The van der Waals surface area contributed by atoms with Crippen LogP contribution in [0, 0.1) is 12.1 Å². The molecule has 0 atom stereocenters. The van der Waals surface area contributed by atoms with Crippen molar-refractivity contribution in [2.24, 2.45) is 0 Å². The van der Waals surface area contributed by atoms with Crippen LogP contribution in [0.5, 0.6) is 11.5 Å². The van der Waals surface area contributed by atoms with Gasteiger partial charge in [0.2, 0.25) is 20.6 Å². The van der Waals surface area contributed by atoms with E-state index in [-0.39, 0.29) is 85.2 Å². The molecule has 0 aliphatic heterocycles. The van der Waals surface area contributed by atoms with Gasteiger partial charge in [0.1, 0.15) is 0 Å². The molecule has 0 saturated carbocycles. The van der Waals surface area contributed by atoms with Crippen LogP contribution in [-0.2, 0) is 20.6 Å². The standard InChI is InChI=1S/C12H12O6S2.2Na/c13-19(14)9-1-7-17-11-3-5-12(6-4-11)18-8-2-10-20(15)16;;/h3,6,9-10H,1-2,7-8H2;;/q-2;2*+1. The second-order valence-electron chi connectivity index (χ2n) is 3.43. The van der Waals surface area contributed by atoms with Gasteiger partial charge in [0.05, 0.1) is 13.2 Å². The summed E-state index contributed by atoms with van der Waals surface area (Å²) in [4.78, 5) is 0. The Hall–Kier alpha value is 0.200.